The van der Waals surface area contributed by atoms with Crippen LogP contribution in [0.5, 0.6) is 0 Å². The number of carbonyl (C=O) groups excluding carboxylic acids is 2. The van der Waals surface area contributed by atoms with E-state index >= 15 is 0 Å². The summed E-state index contributed by atoms with van der Waals surface area (Å²) in [6.45, 7) is 7.92. The lowest BCUT2D eigenvalue weighted by Gasteiger charge is -2.35. The minimum atomic E-state index is -0.0822. The second kappa shape index (κ2) is 8.25. The van der Waals surface area contributed by atoms with E-state index in [4.69, 9.17) is 5.73 Å². The number of amides is 2. The van der Waals surface area contributed by atoms with Crippen molar-refractivity contribution in [3.8, 4) is 0 Å². The van der Waals surface area contributed by atoms with Gasteiger partial charge in [-0.05, 0) is 25.2 Å². The van der Waals surface area contributed by atoms with Gasteiger partial charge in [0.1, 0.15) is 0 Å². The van der Waals surface area contributed by atoms with Crippen LogP contribution in [-0.2, 0) is 9.59 Å². The first-order valence-corrected chi connectivity index (χ1v) is 7.77. The highest BCUT2D eigenvalue weighted by molar-refractivity contribution is 5.79. The number of piperidine rings is 1. The molecule has 0 aliphatic carbocycles. The zero-order chi connectivity index (χ0) is 15.1. The molecular formula is C15H29N3O2. The second-order valence-corrected chi connectivity index (χ2v) is 6.00. The Hall–Kier alpha value is -1.10. The lowest BCUT2D eigenvalue weighted by Crippen LogP contribution is -2.49. The average Bonchev–Trinajstić information content (AvgIpc) is 2.40. The van der Waals surface area contributed by atoms with Gasteiger partial charge >= 0.3 is 0 Å². The summed E-state index contributed by atoms with van der Waals surface area (Å²) in [5.74, 6) is 0.482. The molecule has 1 unspecified atom stereocenters. The van der Waals surface area contributed by atoms with Gasteiger partial charge in [-0.2, -0.15) is 0 Å². The van der Waals surface area contributed by atoms with Crippen LogP contribution in [0.15, 0.2) is 0 Å². The Morgan fingerprint density at radius 1 is 1.30 bits per heavy atom. The van der Waals surface area contributed by atoms with E-state index in [0.29, 0.717) is 13.0 Å². The van der Waals surface area contributed by atoms with E-state index in [-0.39, 0.29) is 29.7 Å². The number of nitrogens with two attached hydrogens (primary N) is 1. The molecule has 20 heavy (non-hydrogen) atoms. The summed E-state index contributed by atoms with van der Waals surface area (Å²) in [5.41, 5.74) is 5.70. The number of likely N-dealkylation sites (tertiary alicyclic amines) is 1. The van der Waals surface area contributed by atoms with Crippen molar-refractivity contribution >= 4 is 11.8 Å². The van der Waals surface area contributed by atoms with Gasteiger partial charge in [0.2, 0.25) is 11.8 Å². The van der Waals surface area contributed by atoms with Crippen molar-refractivity contribution in [2.45, 2.75) is 52.5 Å². The van der Waals surface area contributed by atoms with Gasteiger partial charge in [0, 0.05) is 32.1 Å². The van der Waals surface area contributed by atoms with Gasteiger partial charge in [0.15, 0.2) is 0 Å². The quantitative estimate of drug-likeness (QED) is 0.767. The number of hydrogen-bond donors (Lipinski definition) is 2. The molecule has 1 heterocycles. The molecule has 3 N–H and O–H groups in total. The normalized spacial score (nSPS) is 18.1. The molecule has 0 aromatic carbocycles. The minimum Gasteiger partial charge on any atom is -0.353 e. The maximum Gasteiger partial charge on any atom is 0.227 e. The lowest BCUT2D eigenvalue weighted by molar-refractivity contribution is -0.137. The number of nitrogens with zero attached hydrogens (tertiary/aromatic N) is 1. The van der Waals surface area contributed by atoms with Crippen LogP contribution in [0.2, 0.25) is 0 Å². The Bertz CT molecular complexity index is 323. The molecule has 1 saturated heterocycles. The minimum absolute atomic E-state index is 0.0822. The predicted molar refractivity (Wildman–Crippen MR) is 80.0 cm³/mol. The molecule has 2 amide bonds. The standard InChI is InChI=1S/C15H29N3O2/c1-4-5-14(19)17-12-6-8-18(9-7-12)15(20)13(10-16)11(2)3/h11-13H,4-10,16H2,1-3H3,(H,17,19). The first kappa shape index (κ1) is 17.0. The highest BCUT2D eigenvalue weighted by Gasteiger charge is 2.29. The van der Waals surface area contributed by atoms with Crippen LogP contribution in [0, 0.1) is 11.8 Å². The van der Waals surface area contributed by atoms with Gasteiger partial charge < -0.3 is 16.0 Å². The number of nitrogens with one attached hydrogen (secondary N) is 1. The maximum atomic E-state index is 12.4. The lowest BCUT2D eigenvalue weighted by atomic mass is 9.93. The molecule has 1 aliphatic heterocycles. The van der Waals surface area contributed by atoms with Crippen molar-refractivity contribution < 1.29 is 9.59 Å². The van der Waals surface area contributed by atoms with Gasteiger partial charge in [-0.25, -0.2) is 0 Å². The fourth-order valence-corrected chi connectivity index (χ4v) is 2.66. The van der Waals surface area contributed by atoms with Crippen molar-refractivity contribution in [1.82, 2.24) is 10.2 Å². The fraction of sp³-hybridized carbons (Fsp3) is 0.867. The van der Waals surface area contributed by atoms with Gasteiger partial charge in [-0.15, -0.1) is 0 Å². The second-order valence-electron chi connectivity index (χ2n) is 6.00. The Kier molecular flexibility index (Phi) is 6.99. The molecule has 1 atom stereocenters. The van der Waals surface area contributed by atoms with Gasteiger partial charge in [-0.1, -0.05) is 20.8 Å². The first-order chi connectivity index (χ1) is 9.49. The Morgan fingerprint density at radius 3 is 2.35 bits per heavy atom. The van der Waals surface area contributed by atoms with Crippen LogP contribution in [0.25, 0.3) is 0 Å². The zero-order valence-electron chi connectivity index (χ0n) is 13.0. The van der Waals surface area contributed by atoms with Crippen LogP contribution in [-0.4, -0.2) is 42.4 Å². The van der Waals surface area contributed by atoms with Crippen LogP contribution >= 0.6 is 0 Å². The van der Waals surface area contributed by atoms with Crippen molar-refractivity contribution in [2.75, 3.05) is 19.6 Å². The molecule has 0 bridgehead atoms. The van der Waals surface area contributed by atoms with E-state index in [9.17, 15) is 9.59 Å². The molecular weight excluding hydrogens is 254 g/mol. The van der Waals surface area contributed by atoms with Crippen LogP contribution in [0.4, 0.5) is 0 Å². The van der Waals surface area contributed by atoms with E-state index in [0.717, 1.165) is 32.4 Å². The smallest absolute Gasteiger partial charge is 0.227 e. The number of carbonyl (C=O) groups is 2. The van der Waals surface area contributed by atoms with Crippen LogP contribution in [0.3, 0.4) is 0 Å². The maximum absolute atomic E-state index is 12.4. The van der Waals surface area contributed by atoms with E-state index in [1.807, 2.05) is 25.7 Å². The summed E-state index contributed by atoms with van der Waals surface area (Å²) in [6.07, 6.45) is 3.14. The van der Waals surface area contributed by atoms with E-state index in [1.165, 1.54) is 0 Å². The Morgan fingerprint density at radius 2 is 1.90 bits per heavy atom. The third-order valence-corrected chi connectivity index (χ3v) is 4.02. The molecule has 5 nitrogen and oxygen atoms in total. The SMILES string of the molecule is CCCC(=O)NC1CCN(C(=O)C(CN)C(C)C)CC1. The van der Waals surface area contributed by atoms with Crippen molar-refractivity contribution in [1.29, 1.82) is 0 Å². The molecule has 1 rings (SSSR count). The molecule has 5 heteroatoms. The average molecular weight is 283 g/mol. The van der Waals surface area contributed by atoms with Crippen LogP contribution < -0.4 is 11.1 Å². The monoisotopic (exact) mass is 283 g/mol. The third kappa shape index (κ3) is 4.78. The van der Waals surface area contributed by atoms with E-state index < -0.39 is 0 Å². The van der Waals surface area contributed by atoms with Gasteiger partial charge in [0.05, 0.1) is 5.92 Å². The number of hydrogen-bond acceptors (Lipinski definition) is 3. The Labute approximate surface area is 122 Å². The topological polar surface area (TPSA) is 75.4 Å². The van der Waals surface area contributed by atoms with E-state index in [1.54, 1.807) is 0 Å². The highest BCUT2D eigenvalue weighted by atomic mass is 16.2. The summed E-state index contributed by atoms with van der Waals surface area (Å²) in [6, 6.07) is 0.216. The number of rotatable bonds is 6. The largest absolute Gasteiger partial charge is 0.353 e. The molecule has 0 saturated carbocycles. The van der Waals surface area contributed by atoms with Crippen LogP contribution in [0.1, 0.15) is 46.5 Å². The molecule has 0 aromatic rings. The molecule has 0 spiro atoms. The van der Waals surface area contributed by atoms with Crippen molar-refractivity contribution in [3.63, 3.8) is 0 Å². The fourth-order valence-electron chi connectivity index (χ4n) is 2.66. The van der Waals surface area contributed by atoms with E-state index in [2.05, 4.69) is 5.32 Å². The predicted octanol–water partition coefficient (Wildman–Crippen LogP) is 1.12. The summed E-state index contributed by atoms with van der Waals surface area (Å²) >= 11 is 0. The summed E-state index contributed by atoms with van der Waals surface area (Å²) in [7, 11) is 0. The summed E-state index contributed by atoms with van der Waals surface area (Å²) in [4.78, 5) is 25.8. The highest BCUT2D eigenvalue weighted by Crippen LogP contribution is 2.17. The molecule has 0 aromatic heterocycles. The summed E-state index contributed by atoms with van der Waals surface area (Å²) in [5, 5.41) is 3.04. The third-order valence-electron chi connectivity index (χ3n) is 4.02. The zero-order valence-corrected chi connectivity index (χ0v) is 13.0. The Balaban J connectivity index is 2.41. The van der Waals surface area contributed by atoms with Crippen molar-refractivity contribution in [3.05, 3.63) is 0 Å². The van der Waals surface area contributed by atoms with Gasteiger partial charge in [0.25, 0.3) is 0 Å². The first-order valence-electron chi connectivity index (χ1n) is 7.77. The molecule has 1 fully saturated rings. The summed E-state index contributed by atoms with van der Waals surface area (Å²) < 4.78 is 0. The van der Waals surface area contributed by atoms with Gasteiger partial charge in [-0.3, -0.25) is 9.59 Å². The molecule has 116 valence electrons. The molecule has 1 aliphatic rings. The molecule has 0 radical (unpaired) electrons. The van der Waals surface area contributed by atoms with Crippen molar-refractivity contribution in [2.24, 2.45) is 17.6 Å².